The highest BCUT2D eigenvalue weighted by atomic mass is 35.5. The summed E-state index contributed by atoms with van der Waals surface area (Å²) in [6, 6.07) is 5.11. The first-order chi connectivity index (χ1) is 8.81. The van der Waals surface area contributed by atoms with Crippen LogP contribution in [0.1, 0.15) is 33.3 Å². The highest BCUT2D eigenvalue weighted by molar-refractivity contribution is 6.30. The molecule has 0 amide bonds. The van der Waals surface area contributed by atoms with Crippen LogP contribution in [-0.2, 0) is 11.2 Å². The van der Waals surface area contributed by atoms with Crippen LogP contribution in [0.4, 0.5) is 4.39 Å². The van der Waals surface area contributed by atoms with Crippen molar-refractivity contribution in [1.29, 1.82) is 0 Å². The Bertz CT molecular complexity index is 404. The van der Waals surface area contributed by atoms with E-state index < -0.39 is 0 Å². The quantitative estimate of drug-likeness (QED) is 0.859. The second-order valence-corrected chi connectivity index (χ2v) is 6.04. The monoisotopic (exact) mass is 287 g/mol. The number of ether oxygens (including phenoxy) is 1. The number of hydrogen-bond acceptors (Lipinski definition) is 2. The molecule has 0 heterocycles. The minimum atomic E-state index is -0.369. The first-order valence-corrected chi connectivity index (χ1v) is 7.01. The van der Waals surface area contributed by atoms with Crippen LogP contribution in [0, 0.1) is 5.82 Å². The number of benzene rings is 1. The first-order valence-electron chi connectivity index (χ1n) is 6.63. The van der Waals surface area contributed by atoms with Gasteiger partial charge < -0.3 is 10.1 Å². The summed E-state index contributed by atoms with van der Waals surface area (Å²) >= 11 is 5.68. The Morgan fingerprint density at radius 2 is 2.05 bits per heavy atom. The van der Waals surface area contributed by atoms with Gasteiger partial charge in [-0.15, -0.1) is 0 Å². The lowest BCUT2D eigenvalue weighted by molar-refractivity contribution is -0.0141. The van der Waals surface area contributed by atoms with Crippen molar-refractivity contribution in [2.75, 3.05) is 13.2 Å². The molecule has 0 aliphatic heterocycles. The summed E-state index contributed by atoms with van der Waals surface area (Å²) in [6.45, 7) is 9.58. The maximum Gasteiger partial charge on any atom is 0.142 e. The Hall–Kier alpha value is -0.640. The number of halogens is 2. The Labute approximate surface area is 120 Å². The van der Waals surface area contributed by atoms with Crippen LogP contribution >= 0.6 is 11.6 Å². The van der Waals surface area contributed by atoms with E-state index in [1.807, 2.05) is 33.8 Å². The van der Waals surface area contributed by atoms with Gasteiger partial charge in [0.15, 0.2) is 0 Å². The molecule has 0 fully saturated rings. The Morgan fingerprint density at radius 3 is 2.58 bits per heavy atom. The maximum absolute atomic E-state index is 13.4. The van der Waals surface area contributed by atoms with Gasteiger partial charge in [0.2, 0.25) is 0 Å². The van der Waals surface area contributed by atoms with E-state index in [1.165, 1.54) is 6.07 Å². The van der Waals surface area contributed by atoms with E-state index in [1.54, 1.807) is 6.07 Å². The predicted molar refractivity (Wildman–Crippen MR) is 78.3 cm³/mol. The lowest BCUT2D eigenvalue weighted by Crippen LogP contribution is -2.38. The number of nitrogens with one attached hydrogen (secondary N) is 1. The molecule has 1 aromatic carbocycles. The molecule has 1 atom stereocenters. The van der Waals surface area contributed by atoms with Crippen LogP contribution in [0.5, 0.6) is 0 Å². The maximum atomic E-state index is 13.4. The van der Waals surface area contributed by atoms with Crippen molar-refractivity contribution in [3.63, 3.8) is 0 Å². The zero-order valence-corrected chi connectivity index (χ0v) is 12.9. The summed E-state index contributed by atoms with van der Waals surface area (Å²) in [5.74, 6) is -0.369. The normalized spacial score (nSPS) is 13.6. The van der Waals surface area contributed by atoms with Gasteiger partial charge in [0.25, 0.3) is 0 Å². The molecular formula is C15H23ClFNO. The third-order valence-corrected chi connectivity index (χ3v) is 2.98. The second kappa shape index (κ2) is 7.22. The van der Waals surface area contributed by atoms with Gasteiger partial charge in [-0.3, -0.25) is 0 Å². The number of likely N-dealkylation sites (N-methyl/N-ethyl adjacent to an activating group) is 1. The van der Waals surface area contributed by atoms with E-state index in [0.717, 1.165) is 18.5 Å². The van der Waals surface area contributed by atoms with Gasteiger partial charge in [-0.2, -0.15) is 0 Å². The van der Waals surface area contributed by atoms with Crippen molar-refractivity contribution in [2.45, 2.75) is 45.8 Å². The zero-order chi connectivity index (χ0) is 14.5. The topological polar surface area (TPSA) is 21.3 Å². The zero-order valence-electron chi connectivity index (χ0n) is 12.1. The lowest BCUT2D eigenvalue weighted by atomic mass is 10.1. The molecule has 0 spiro atoms. The van der Waals surface area contributed by atoms with E-state index in [4.69, 9.17) is 16.3 Å². The van der Waals surface area contributed by atoms with Crippen LogP contribution in [0.25, 0.3) is 0 Å². The van der Waals surface area contributed by atoms with Crippen LogP contribution < -0.4 is 5.32 Å². The highest BCUT2D eigenvalue weighted by Crippen LogP contribution is 2.17. The van der Waals surface area contributed by atoms with E-state index >= 15 is 0 Å². The van der Waals surface area contributed by atoms with Crippen LogP contribution in [-0.4, -0.2) is 24.8 Å². The molecular weight excluding hydrogens is 265 g/mol. The van der Waals surface area contributed by atoms with Crippen molar-refractivity contribution in [2.24, 2.45) is 0 Å². The minimum absolute atomic E-state index is 0.162. The van der Waals surface area contributed by atoms with Gasteiger partial charge in [-0.05, 0) is 51.4 Å². The molecule has 1 rings (SSSR count). The average Bonchev–Trinajstić information content (AvgIpc) is 2.30. The van der Waals surface area contributed by atoms with Crippen molar-refractivity contribution in [3.8, 4) is 0 Å². The smallest absolute Gasteiger partial charge is 0.142 e. The van der Waals surface area contributed by atoms with E-state index in [2.05, 4.69) is 5.32 Å². The lowest BCUT2D eigenvalue weighted by Gasteiger charge is -2.25. The standard InChI is InChI=1S/C15H23ClFNO/c1-5-18-12(10-19-15(2,3)4)8-11-6-7-13(16)14(17)9-11/h6-7,9,12,18H,5,8,10H2,1-4H3. The minimum Gasteiger partial charge on any atom is -0.374 e. The fourth-order valence-corrected chi connectivity index (χ4v) is 1.90. The van der Waals surface area contributed by atoms with E-state index in [9.17, 15) is 4.39 Å². The third-order valence-electron chi connectivity index (χ3n) is 2.68. The summed E-state index contributed by atoms with van der Waals surface area (Å²) in [6.07, 6.45) is 0.720. The van der Waals surface area contributed by atoms with Gasteiger partial charge >= 0.3 is 0 Å². The van der Waals surface area contributed by atoms with Gasteiger partial charge in [0.1, 0.15) is 5.82 Å². The van der Waals surface area contributed by atoms with Crippen molar-refractivity contribution in [1.82, 2.24) is 5.32 Å². The van der Waals surface area contributed by atoms with Gasteiger partial charge in [-0.25, -0.2) is 4.39 Å². The van der Waals surface area contributed by atoms with Gasteiger partial charge in [0.05, 0.1) is 17.2 Å². The predicted octanol–water partition coefficient (Wildman–Crippen LogP) is 3.81. The Morgan fingerprint density at radius 1 is 1.37 bits per heavy atom. The summed E-state index contributed by atoms with van der Waals surface area (Å²) in [4.78, 5) is 0. The largest absolute Gasteiger partial charge is 0.374 e. The van der Waals surface area contributed by atoms with Crippen LogP contribution in [0.15, 0.2) is 18.2 Å². The average molecular weight is 288 g/mol. The Kier molecular flexibility index (Phi) is 6.24. The third kappa shape index (κ3) is 6.37. The molecule has 108 valence electrons. The van der Waals surface area contributed by atoms with Gasteiger partial charge in [-0.1, -0.05) is 24.6 Å². The Balaban J connectivity index is 2.64. The molecule has 0 aliphatic carbocycles. The summed E-state index contributed by atoms with van der Waals surface area (Å²) in [5, 5.41) is 3.52. The summed E-state index contributed by atoms with van der Waals surface area (Å²) < 4.78 is 19.2. The molecule has 1 N–H and O–H groups in total. The second-order valence-electron chi connectivity index (χ2n) is 5.63. The number of rotatable bonds is 6. The van der Waals surface area contributed by atoms with Gasteiger partial charge in [0, 0.05) is 6.04 Å². The van der Waals surface area contributed by atoms with Crippen molar-refractivity contribution >= 4 is 11.6 Å². The molecule has 0 saturated carbocycles. The van der Waals surface area contributed by atoms with Crippen molar-refractivity contribution < 1.29 is 9.13 Å². The van der Waals surface area contributed by atoms with E-state index in [0.29, 0.717) is 6.61 Å². The number of hydrogen-bond donors (Lipinski definition) is 1. The van der Waals surface area contributed by atoms with E-state index in [-0.39, 0.29) is 22.5 Å². The summed E-state index contributed by atoms with van der Waals surface area (Å²) in [7, 11) is 0. The summed E-state index contributed by atoms with van der Waals surface area (Å²) in [5.41, 5.74) is 0.754. The SMILES string of the molecule is CCNC(COC(C)(C)C)Cc1ccc(Cl)c(F)c1. The first kappa shape index (κ1) is 16.4. The molecule has 0 aromatic heterocycles. The molecule has 1 aromatic rings. The molecule has 2 nitrogen and oxygen atoms in total. The molecule has 0 radical (unpaired) electrons. The fourth-order valence-electron chi connectivity index (χ4n) is 1.78. The molecule has 4 heteroatoms. The van der Waals surface area contributed by atoms with Crippen molar-refractivity contribution in [3.05, 3.63) is 34.6 Å². The molecule has 0 bridgehead atoms. The highest BCUT2D eigenvalue weighted by Gasteiger charge is 2.15. The molecule has 0 saturated heterocycles. The van der Waals surface area contributed by atoms with Crippen LogP contribution in [0.2, 0.25) is 5.02 Å². The van der Waals surface area contributed by atoms with Crippen LogP contribution in [0.3, 0.4) is 0 Å². The fraction of sp³-hybridized carbons (Fsp3) is 0.600. The molecule has 1 unspecified atom stereocenters. The molecule has 0 aliphatic rings. The molecule has 19 heavy (non-hydrogen) atoms.